The van der Waals surface area contributed by atoms with Crippen LogP contribution in [-0.2, 0) is 6.54 Å². The number of aromatic nitrogens is 2. The fraction of sp³-hybridized carbons (Fsp3) is 0.292. The van der Waals surface area contributed by atoms with Crippen molar-refractivity contribution in [3.8, 4) is 17.0 Å². The first-order valence-electron chi connectivity index (χ1n) is 10.9. The molecule has 5 N–H and O–H groups in total. The van der Waals surface area contributed by atoms with E-state index in [-0.39, 0.29) is 46.5 Å². The van der Waals surface area contributed by atoms with Gasteiger partial charge in [-0.25, -0.2) is 13.5 Å². The van der Waals surface area contributed by atoms with Crippen molar-refractivity contribution < 1.29 is 23.1 Å². The molecule has 34 heavy (non-hydrogen) atoms. The van der Waals surface area contributed by atoms with E-state index in [9.17, 15) is 14.0 Å². The first kappa shape index (κ1) is 23.2. The predicted molar refractivity (Wildman–Crippen MR) is 122 cm³/mol. The SMILES string of the molecule is COc1ccc(F)cc1C(=O)NCc1ccc(-c2nn(C3CCCC3)c(N)c2C(N)=O)c(F)c1. The van der Waals surface area contributed by atoms with Gasteiger partial charge in [-0.15, -0.1) is 0 Å². The normalized spacial score (nSPS) is 13.7. The summed E-state index contributed by atoms with van der Waals surface area (Å²) in [5.74, 6) is -2.22. The first-order valence-corrected chi connectivity index (χ1v) is 10.9. The summed E-state index contributed by atoms with van der Waals surface area (Å²) < 4.78 is 35.3. The number of anilines is 1. The molecular weight excluding hydrogens is 444 g/mol. The number of nitrogens with one attached hydrogen (secondary N) is 1. The van der Waals surface area contributed by atoms with Gasteiger partial charge in [0.25, 0.3) is 11.8 Å². The van der Waals surface area contributed by atoms with E-state index in [0.717, 1.165) is 31.7 Å². The summed E-state index contributed by atoms with van der Waals surface area (Å²) in [6, 6.07) is 7.94. The Balaban J connectivity index is 1.57. The van der Waals surface area contributed by atoms with Gasteiger partial charge in [0.05, 0.1) is 18.7 Å². The van der Waals surface area contributed by atoms with Crippen LogP contribution in [0.15, 0.2) is 36.4 Å². The van der Waals surface area contributed by atoms with Crippen LogP contribution in [0.1, 0.15) is 58.0 Å². The molecule has 1 aliphatic carbocycles. The lowest BCUT2D eigenvalue weighted by Gasteiger charge is -2.11. The number of carbonyl (C=O) groups excluding carboxylic acids is 2. The number of methoxy groups -OCH3 is 1. The zero-order valence-electron chi connectivity index (χ0n) is 18.6. The van der Waals surface area contributed by atoms with Gasteiger partial charge in [-0.2, -0.15) is 5.10 Å². The molecule has 2 amide bonds. The Hall–Kier alpha value is -3.95. The highest BCUT2D eigenvalue weighted by Crippen LogP contribution is 2.36. The maximum atomic E-state index is 15.1. The zero-order chi connectivity index (χ0) is 24.4. The highest BCUT2D eigenvalue weighted by atomic mass is 19.1. The number of amides is 2. The molecule has 0 aliphatic heterocycles. The van der Waals surface area contributed by atoms with Crippen LogP contribution in [-0.4, -0.2) is 28.7 Å². The van der Waals surface area contributed by atoms with Crippen molar-refractivity contribution in [2.45, 2.75) is 38.3 Å². The smallest absolute Gasteiger partial charge is 0.255 e. The topological polar surface area (TPSA) is 125 Å². The third-order valence-corrected chi connectivity index (χ3v) is 6.01. The second-order valence-electron chi connectivity index (χ2n) is 8.20. The number of nitrogen functional groups attached to an aromatic ring is 1. The van der Waals surface area contributed by atoms with Crippen LogP contribution >= 0.6 is 0 Å². The molecule has 178 valence electrons. The zero-order valence-corrected chi connectivity index (χ0v) is 18.6. The van der Waals surface area contributed by atoms with Gasteiger partial charge in [-0.05, 0) is 48.7 Å². The standard InChI is InChI=1S/C24H25F2N5O3/c1-34-19-9-7-14(25)11-17(19)24(33)29-12-13-6-8-16(18(26)10-13)21-20(23(28)32)22(27)31(30-21)15-4-2-3-5-15/h6-11,15H,2-5,12,27H2,1H3,(H2,28,32)(H,29,33). The molecule has 1 fully saturated rings. The number of rotatable bonds is 7. The predicted octanol–water partition coefficient (Wildman–Crippen LogP) is 3.56. The van der Waals surface area contributed by atoms with Crippen molar-refractivity contribution in [3.05, 3.63) is 64.7 Å². The molecule has 0 radical (unpaired) electrons. The highest BCUT2D eigenvalue weighted by Gasteiger charge is 2.28. The molecule has 0 unspecified atom stereocenters. The molecule has 1 aliphatic rings. The fourth-order valence-electron chi connectivity index (χ4n) is 4.30. The molecule has 0 atom stereocenters. The molecule has 3 aromatic rings. The van der Waals surface area contributed by atoms with E-state index in [0.29, 0.717) is 5.56 Å². The number of halogens is 2. The Kier molecular flexibility index (Phi) is 6.49. The summed E-state index contributed by atoms with van der Waals surface area (Å²) in [7, 11) is 1.37. The van der Waals surface area contributed by atoms with Gasteiger partial charge in [0.1, 0.15) is 34.5 Å². The van der Waals surface area contributed by atoms with E-state index in [1.807, 2.05) is 0 Å². The van der Waals surface area contributed by atoms with E-state index in [2.05, 4.69) is 10.4 Å². The third-order valence-electron chi connectivity index (χ3n) is 6.01. The molecule has 8 nitrogen and oxygen atoms in total. The summed E-state index contributed by atoms with van der Waals surface area (Å²) >= 11 is 0. The second-order valence-corrected chi connectivity index (χ2v) is 8.20. The van der Waals surface area contributed by atoms with Crippen LogP contribution in [0.2, 0.25) is 0 Å². The van der Waals surface area contributed by atoms with Crippen LogP contribution in [0.25, 0.3) is 11.3 Å². The number of carbonyl (C=O) groups is 2. The molecule has 2 aromatic carbocycles. The minimum absolute atomic E-state index is 0.00921. The molecule has 0 spiro atoms. The van der Waals surface area contributed by atoms with E-state index in [4.69, 9.17) is 16.2 Å². The number of benzene rings is 2. The molecule has 1 aromatic heterocycles. The quantitative estimate of drug-likeness (QED) is 0.488. The third kappa shape index (κ3) is 4.43. The van der Waals surface area contributed by atoms with Crippen LogP contribution in [0.5, 0.6) is 5.75 Å². The minimum Gasteiger partial charge on any atom is -0.496 e. The van der Waals surface area contributed by atoms with Crippen LogP contribution in [0, 0.1) is 11.6 Å². The van der Waals surface area contributed by atoms with Gasteiger partial charge in [0, 0.05) is 12.1 Å². The lowest BCUT2D eigenvalue weighted by molar-refractivity contribution is 0.0946. The van der Waals surface area contributed by atoms with Crippen molar-refractivity contribution in [2.75, 3.05) is 12.8 Å². The summed E-state index contributed by atoms with van der Waals surface area (Å²) in [5, 5.41) is 7.06. The van der Waals surface area contributed by atoms with Gasteiger partial charge in [-0.3, -0.25) is 9.59 Å². The first-order chi connectivity index (χ1) is 16.3. The van der Waals surface area contributed by atoms with E-state index in [1.54, 1.807) is 10.7 Å². The van der Waals surface area contributed by atoms with Gasteiger partial charge in [-0.1, -0.05) is 18.9 Å². The number of nitrogens with two attached hydrogens (primary N) is 2. The van der Waals surface area contributed by atoms with Crippen molar-refractivity contribution in [2.24, 2.45) is 5.73 Å². The lowest BCUT2D eigenvalue weighted by Crippen LogP contribution is -2.23. The van der Waals surface area contributed by atoms with E-state index in [1.165, 1.54) is 31.4 Å². The second kappa shape index (κ2) is 9.50. The Bertz CT molecular complexity index is 1250. The molecule has 4 rings (SSSR count). The summed E-state index contributed by atoms with van der Waals surface area (Å²) in [6.45, 7) is -0.0168. The van der Waals surface area contributed by atoms with E-state index < -0.39 is 23.4 Å². The Morgan fingerprint density at radius 3 is 2.56 bits per heavy atom. The number of hydrogen-bond acceptors (Lipinski definition) is 5. The van der Waals surface area contributed by atoms with Crippen molar-refractivity contribution in [1.29, 1.82) is 0 Å². The van der Waals surface area contributed by atoms with Gasteiger partial charge in [0.15, 0.2) is 0 Å². The molecule has 10 heteroatoms. The summed E-state index contributed by atoms with van der Waals surface area (Å²) in [5.41, 5.74) is 12.3. The largest absolute Gasteiger partial charge is 0.496 e. The van der Waals surface area contributed by atoms with E-state index >= 15 is 4.39 Å². The van der Waals surface area contributed by atoms with Gasteiger partial charge < -0.3 is 21.5 Å². The minimum atomic E-state index is -0.781. The van der Waals surface area contributed by atoms with Crippen molar-refractivity contribution >= 4 is 17.6 Å². The number of nitrogens with zero attached hydrogens (tertiary/aromatic N) is 2. The van der Waals surface area contributed by atoms with Gasteiger partial charge in [0.2, 0.25) is 0 Å². The van der Waals surface area contributed by atoms with Crippen LogP contribution < -0.4 is 21.5 Å². The number of primary amides is 1. The maximum Gasteiger partial charge on any atom is 0.255 e. The Morgan fingerprint density at radius 1 is 1.18 bits per heavy atom. The highest BCUT2D eigenvalue weighted by molar-refractivity contribution is 6.03. The lowest BCUT2D eigenvalue weighted by atomic mass is 10.0. The van der Waals surface area contributed by atoms with Crippen molar-refractivity contribution in [3.63, 3.8) is 0 Å². The molecule has 0 bridgehead atoms. The Labute approximate surface area is 194 Å². The summed E-state index contributed by atoms with van der Waals surface area (Å²) in [6.07, 6.45) is 3.81. The molecule has 1 saturated carbocycles. The van der Waals surface area contributed by atoms with Gasteiger partial charge >= 0.3 is 0 Å². The Morgan fingerprint density at radius 2 is 1.91 bits per heavy atom. The molecular formula is C24H25F2N5O3. The molecule has 0 saturated heterocycles. The maximum absolute atomic E-state index is 15.1. The molecule has 1 heterocycles. The average molecular weight is 469 g/mol. The fourth-order valence-corrected chi connectivity index (χ4v) is 4.30. The van der Waals surface area contributed by atoms with Crippen LogP contribution in [0.4, 0.5) is 14.6 Å². The average Bonchev–Trinajstić information content (AvgIpc) is 3.45. The summed E-state index contributed by atoms with van der Waals surface area (Å²) in [4.78, 5) is 24.6. The van der Waals surface area contributed by atoms with Crippen LogP contribution in [0.3, 0.4) is 0 Å². The number of hydrogen-bond donors (Lipinski definition) is 3. The monoisotopic (exact) mass is 469 g/mol. The van der Waals surface area contributed by atoms with Crippen molar-refractivity contribution in [1.82, 2.24) is 15.1 Å². The number of ether oxygens (including phenoxy) is 1.